The highest BCUT2D eigenvalue weighted by Gasteiger charge is 2.43. The Morgan fingerprint density at radius 2 is 1.68 bits per heavy atom. The zero-order chi connectivity index (χ0) is 19.7. The standard InChI is InChI=1S/C22H18F2N2O2/c23-18-11-15(10-9-14-5-2-1-3-6-14)12-19(24)17(18)13-26-21(27)16-7-4-8-20(16)25-22(26)28/h1-3,5-6,11-12,16,20H,4,7-8,13H2,(H,25,28). The molecular weight excluding hydrogens is 362 g/mol. The van der Waals surface area contributed by atoms with Gasteiger partial charge in [-0.05, 0) is 37.1 Å². The quantitative estimate of drug-likeness (QED) is 0.810. The second kappa shape index (κ2) is 7.43. The summed E-state index contributed by atoms with van der Waals surface area (Å²) < 4.78 is 29.1. The van der Waals surface area contributed by atoms with E-state index in [1.165, 1.54) is 0 Å². The minimum atomic E-state index is -0.827. The molecular formula is C22H18F2N2O2. The molecule has 0 bridgehead atoms. The van der Waals surface area contributed by atoms with E-state index < -0.39 is 24.2 Å². The lowest BCUT2D eigenvalue weighted by Gasteiger charge is -2.34. The van der Waals surface area contributed by atoms with E-state index in [0.717, 1.165) is 35.4 Å². The Labute approximate surface area is 161 Å². The Balaban J connectivity index is 1.56. The number of rotatable bonds is 2. The number of benzene rings is 2. The Bertz CT molecular complexity index is 972. The monoisotopic (exact) mass is 380 g/mol. The number of halogens is 2. The summed E-state index contributed by atoms with van der Waals surface area (Å²) in [7, 11) is 0. The smallest absolute Gasteiger partial charge is 0.324 e. The van der Waals surface area contributed by atoms with E-state index in [9.17, 15) is 18.4 Å². The van der Waals surface area contributed by atoms with Crippen molar-refractivity contribution in [1.29, 1.82) is 0 Å². The van der Waals surface area contributed by atoms with Crippen LogP contribution < -0.4 is 5.32 Å². The van der Waals surface area contributed by atoms with Crippen molar-refractivity contribution in [3.8, 4) is 11.8 Å². The number of carbonyl (C=O) groups is 2. The Hall–Kier alpha value is -3.20. The predicted molar refractivity (Wildman–Crippen MR) is 99.0 cm³/mol. The van der Waals surface area contributed by atoms with Crippen LogP contribution in [0.3, 0.4) is 0 Å². The van der Waals surface area contributed by atoms with Gasteiger partial charge in [-0.2, -0.15) is 0 Å². The van der Waals surface area contributed by atoms with E-state index in [2.05, 4.69) is 17.2 Å². The van der Waals surface area contributed by atoms with Crippen molar-refractivity contribution < 1.29 is 18.4 Å². The lowest BCUT2D eigenvalue weighted by atomic mass is 9.99. The minimum absolute atomic E-state index is 0.165. The summed E-state index contributed by atoms with van der Waals surface area (Å²) in [6.45, 7) is -0.433. The molecule has 1 aliphatic heterocycles. The fourth-order valence-electron chi connectivity index (χ4n) is 3.77. The zero-order valence-electron chi connectivity index (χ0n) is 15.0. The third-order valence-corrected chi connectivity index (χ3v) is 5.24. The molecule has 2 aromatic carbocycles. The first-order valence-corrected chi connectivity index (χ1v) is 9.20. The summed E-state index contributed by atoms with van der Waals surface area (Å²) in [5.74, 6) is 3.25. The maximum absolute atomic E-state index is 14.5. The van der Waals surface area contributed by atoms with Gasteiger partial charge in [-0.3, -0.25) is 9.69 Å². The lowest BCUT2D eigenvalue weighted by Crippen LogP contribution is -2.57. The first-order chi connectivity index (χ1) is 13.5. The van der Waals surface area contributed by atoms with E-state index in [0.29, 0.717) is 6.42 Å². The van der Waals surface area contributed by atoms with E-state index in [1.807, 2.05) is 18.2 Å². The van der Waals surface area contributed by atoms with Gasteiger partial charge in [0.25, 0.3) is 0 Å². The number of hydrogen-bond donors (Lipinski definition) is 1. The number of nitrogens with zero attached hydrogens (tertiary/aromatic N) is 1. The highest BCUT2D eigenvalue weighted by molar-refractivity contribution is 5.98. The number of nitrogens with one attached hydrogen (secondary N) is 1. The molecule has 2 unspecified atom stereocenters. The van der Waals surface area contributed by atoms with Gasteiger partial charge in [-0.15, -0.1) is 0 Å². The summed E-state index contributed by atoms with van der Waals surface area (Å²) in [6, 6.07) is 10.6. The second-order valence-electron chi connectivity index (χ2n) is 7.05. The van der Waals surface area contributed by atoms with Gasteiger partial charge in [-0.25, -0.2) is 13.6 Å². The molecule has 2 atom stereocenters. The summed E-state index contributed by atoms with van der Waals surface area (Å²) >= 11 is 0. The van der Waals surface area contributed by atoms with Gasteiger partial charge < -0.3 is 5.32 Å². The molecule has 4 nitrogen and oxygen atoms in total. The minimum Gasteiger partial charge on any atom is -0.334 e. The second-order valence-corrected chi connectivity index (χ2v) is 7.05. The molecule has 1 saturated carbocycles. The van der Waals surface area contributed by atoms with Crippen LogP contribution in [-0.4, -0.2) is 22.9 Å². The number of fused-ring (bicyclic) bond motifs is 1. The SMILES string of the molecule is O=C1NC2CCCC2C(=O)N1Cc1c(F)cc(C#Cc2ccccc2)cc1F. The third-order valence-electron chi connectivity index (χ3n) is 5.24. The van der Waals surface area contributed by atoms with Crippen LogP contribution in [0.4, 0.5) is 13.6 Å². The van der Waals surface area contributed by atoms with Crippen LogP contribution in [0.5, 0.6) is 0 Å². The Morgan fingerprint density at radius 1 is 1.00 bits per heavy atom. The number of carbonyl (C=O) groups excluding carboxylic acids is 2. The van der Waals surface area contributed by atoms with Crippen LogP contribution in [0.1, 0.15) is 36.0 Å². The van der Waals surface area contributed by atoms with Gasteiger partial charge in [0.1, 0.15) is 11.6 Å². The molecule has 2 aromatic rings. The van der Waals surface area contributed by atoms with Gasteiger partial charge in [-0.1, -0.05) is 36.5 Å². The van der Waals surface area contributed by atoms with Crippen molar-refractivity contribution >= 4 is 11.9 Å². The molecule has 1 aliphatic carbocycles. The number of urea groups is 1. The van der Waals surface area contributed by atoms with E-state index in [1.54, 1.807) is 12.1 Å². The molecule has 1 heterocycles. The fraction of sp³-hybridized carbons (Fsp3) is 0.273. The van der Waals surface area contributed by atoms with Crippen LogP contribution in [0.2, 0.25) is 0 Å². The number of imide groups is 1. The van der Waals surface area contributed by atoms with Crippen LogP contribution in [-0.2, 0) is 11.3 Å². The van der Waals surface area contributed by atoms with Gasteiger partial charge >= 0.3 is 6.03 Å². The van der Waals surface area contributed by atoms with Gasteiger partial charge in [0.2, 0.25) is 5.91 Å². The maximum Gasteiger partial charge on any atom is 0.324 e. The van der Waals surface area contributed by atoms with Crippen molar-refractivity contribution in [3.63, 3.8) is 0 Å². The highest BCUT2D eigenvalue weighted by atomic mass is 19.1. The number of hydrogen-bond acceptors (Lipinski definition) is 2. The Kier molecular flexibility index (Phi) is 4.82. The Morgan fingerprint density at radius 3 is 2.39 bits per heavy atom. The van der Waals surface area contributed by atoms with E-state index >= 15 is 0 Å². The molecule has 0 spiro atoms. The highest BCUT2D eigenvalue weighted by Crippen LogP contribution is 2.31. The van der Waals surface area contributed by atoms with E-state index in [4.69, 9.17) is 0 Å². The van der Waals surface area contributed by atoms with Crippen molar-refractivity contribution in [2.24, 2.45) is 5.92 Å². The molecule has 2 aliphatic rings. The van der Waals surface area contributed by atoms with Gasteiger partial charge in [0.05, 0.1) is 12.5 Å². The van der Waals surface area contributed by atoms with Crippen molar-refractivity contribution in [2.45, 2.75) is 31.8 Å². The van der Waals surface area contributed by atoms with Crippen LogP contribution >= 0.6 is 0 Å². The first kappa shape index (κ1) is 18.2. The van der Waals surface area contributed by atoms with Crippen molar-refractivity contribution in [1.82, 2.24) is 10.2 Å². The molecule has 0 aromatic heterocycles. The lowest BCUT2D eigenvalue weighted by molar-refractivity contribution is -0.135. The molecule has 1 N–H and O–H groups in total. The largest absolute Gasteiger partial charge is 0.334 e. The molecule has 4 rings (SSSR count). The molecule has 1 saturated heterocycles. The molecule has 2 fully saturated rings. The fourth-order valence-corrected chi connectivity index (χ4v) is 3.77. The average Bonchev–Trinajstić information content (AvgIpc) is 3.14. The average molecular weight is 380 g/mol. The summed E-state index contributed by atoms with van der Waals surface area (Å²) in [5, 5.41) is 2.77. The van der Waals surface area contributed by atoms with Gasteiger partial charge in [0.15, 0.2) is 0 Å². The summed E-state index contributed by atoms with van der Waals surface area (Å²) in [6.07, 6.45) is 2.29. The molecule has 0 radical (unpaired) electrons. The van der Waals surface area contributed by atoms with Gasteiger partial charge in [0, 0.05) is 22.7 Å². The molecule has 3 amide bonds. The summed E-state index contributed by atoms with van der Waals surface area (Å²) in [4.78, 5) is 25.7. The first-order valence-electron chi connectivity index (χ1n) is 9.20. The van der Waals surface area contributed by atoms with Crippen molar-refractivity contribution in [2.75, 3.05) is 0 Å². The number of amides is 3. The predicted octanol–water partition coefficient (Wildman–Crippen LogP) is 3.59. The van der Waals surface area contributed by atoms with Crippen LogP contribution in [0.25, 0.3) is 0 Å². The van der Waals surface area contributed by atoms with Crippen LogP contribution in [0.15, 0.2) is 42.5 Å². The molecule has 142 valence electrons. The normalized spacial score (nSPS) is 21.0. The van der Waals surface area contributed by atoms with Crippen molar-refractivity contribution in [3.05, 3.63) is 70.8 Å². The summed E-state index contributed by atoms with van der Waals surface area (Å²) in [5.41, 5.74) is 0.604. The molecule has 6 heteroatoms. The molecule has 28 heavy (non-hydrogen) atoms. The van der Waals surface area contributed by atoms with E-state index in [-0.39, 0.29) is 29.0 Å². The topological polar surface area (TPSA) is 49.4 Å². The van der Waals surface area contributed by atoms with Crippen LogP contribution in [0, 0.1) is 29.4 Å². The zero-order valence-corrected chi connectivity index (χ0v) is 15.0. The maximum atomic E-state index is 14.5. The third kappa shape index (κ3) is 3.48.